The number of anilines is 3. The molecule has 0 saturated heterocycles. The summed E-state index contributed by atoms with van der Waals surface area (Å²) in [7, 11) is 0. The third kappa shape index (κ3) is 6.22. The molecule has 10 aromatic carbocycles. The molecule has 0 fully saturated rings. The lowest BCUT2D eigenvalue weighted by molar-refractivity contribution is 1.28. The maximum Gasteiger partial charge on any atom is 0.0467 e. The van der Waals surface area contributed by atoms with Gasteiger partial charge in [0.2, 0.25) is 0 Å². The zero-order valence-electron chi connectivity index (χ0n) is 30.3. The number of rotatable bonds is 7. The summed E-state index contributed by atoms with van der Waals surface area (Å²) in [5.41, 5.74) is 13.0. The van der Waals surface area contributed by atoms with Crippen LogP contribution in [0, 0.1) is 0 Å². The molecule has 0 aliphatic heterocycles. The van der Waals surface area contributed by atoms with Crippen molar-refractivity contribution in [1.29, 1.82) is 0 Å². The van der Waals surface area contributed by atoms with E-state index < -0.39 is 0 Å². The number of benzene rings is 10. The van der Waals surface area contributed by atoms with Crippen molar-refractivity contribution in [2.75, 3.05) is 4.90 Å². The van der Waals surface area contributed by atoms with Crippen LogP contribution in [-0.2, 0) is 0 Å². The van der Waals surface area contributed by atoms with E-state index in [1.165, 1.54) is 76.8 Å². The van der Waals surface area contributed by atoms with Gasteiger partial charge in [-0.25, -0.2) is 0 Å². The highest BCUT2D eigenvalue weighted by Gasteiger charge is 2.16. The average molecular weight is 700 g/mol. The Balaban J connectivity index is 1.05. The number of fused-ring (bicyclic) bond motifs is 3. The van der Waals surface area contributed by atoms with Gasteiger partial charge in [-0.3, -0.25) is 0 Å². The summed E-state index contributed by atoms with van der Waals surface area (Å²) in [5.74, 6) is 0. The molecule has 0 aliphatic rings. The molecule has 1 heteroatoms. The number of hydrogen-bond acceptors (Lipinski definition) is 1. The van der Waals surface area contributed by atoms with Gasteiger partial charge in [-0.2, -0.15) is 0 Å². The van der Waals surface area contributed by atoms with Crippen LogP contribution in [0.1, 0.15) is 0 Å². The molecule has 10 aromatic rings. The minimum Gasteiger partial charge on any atom is -0.310 e. The largest absolute Gasteiger partial charge is 0.310 e. The Labute approximate surface area is 322 Å². The van der Waals surface area contributed by atoms with Crippen molar-refractivity contribution in [3.05, 3.63) is 224 Å². The number of nitrogens with zero attached hydrogens (tertiary/aromatic N) is 1. The second kappa shape index (κ2) is 14.0. The Morgan fingerprint density at radius 2 is 0.636 bits per heavy atom. The van der Waals surface area contributed by atoms with E-state index in [9.17, 15) is 0 Å². The van der Waals surface area contributed by atoms with Gasteiger partial charge >= 0.3 is 0 Å². The summed E-state index contributed by atoms with van der Waals surface area (Å²) in [5, 5.41) is 7.51. The second-order valence-corrected chi connectivity index (χ2v) is 14.2. The third-order valence-electron chi connectivity index (χ3n) is 10.8. The molecule has 0 aliphatic carbocycles. The first kappa shape index (κ1) is 32.4. The molecule has 0 N–H and O–H groups in total. The lowest BCUT2D eigenvalue weighted by Crippen LogP contribution is -2.10. The molecule has 10 rings (SSSR count). The molecule has 0 bridgehead atoms. The van der Waals surface area contributed by atoms with Crippen LogP contribution in [0.5, 0.6) is 0 Å². The van der Waals surface area contributed by atoms with Crippen LogP contribution in [0.15, 0.2) is 224 Å². The summed E-state index contributed by atoms with van der Waals surface area (Å²) < 4.78 is 0. The molecule has 0 aromatic heterocycles. The van der Waals surface area contributed by atoms with Crippen molar-refractivity contribution >= 4 is 49.4 Å². The molecule has 0 amide bonds. The van der Waals surface area contributed by atoms with Gasteiger partial charge in [0.05, 0.1) is 0 Å². The van der Waals surface area contributed by atoms with Crippen LogP contribution < -0.4 is 4.90 Å². The van der Waals surface area contributed by atoms with E-state index in [2.05, 4.69) is 229 Å². The smallest absolute Gasteiger partial charge is 0.0467 e. The predicted molar refractivity (Wildman–Crippen MR) is 235 cm³/mol. The first-order valence-corrected chi connectivity index (χ1v) is 18.9. The summed E-state index contributed by atoms with van der Waals surface area (Å²) in [6.07, 6.45) is 0. The van der Waals surface area contributed by atoms with Gasteiger partial charge in [0.1, 0.15) is 0 Å². The summed E-state index contributed by atoms with van der Waals surface area (Å²) in [6, 6.07) is 81.5. The van der Waals surface area contributed by atoms with Gasteiger partial charge in [0.15, 0.2) is 0 Å². The molecule has 0 heterocycles. The fourth-order valence-corrected chi connectivity index (χ4v) is 8.05. The summed E-state index contributed by atoms with van der Waals surface area (Å²) in [6.45, 7) is 0. The minimum absolute atomic E-state index is 1.10. The molecule has 0 saturated carbocycles. The summed E-state index contributed by atoms with van der Waals surface area (Å²) >= 11 is 0. The van der Waals surface area contributed by atoms with Crippen molar-refractivity contribution in [3.63, 3.8) is 0 Å². The van der Waals surface area contributed by atoms with Crippen molar-refractivity contribution in [1.82, 2.24) is 0 Å². The van der Waals surface area contributed by atoms with Crippen molar-refractivity contribution < 1.29 is 0 Å². The van der Waals surface area contributed by atoms with E-state index in [1.54, 1.807) is 0 Å². The highest BCUT2D eigenvalue weighted by Crippen LogP contribution is 2.41. The lowest BCUT2D eigenvalue weighted by atomic mass is 9.96. The highest BCUT2D eigenvalue weighted by atomic mass is 15.1. The van der Waals surface area contributed by atoms with E-state index in [0.717, 1.165) is 17.1 Å². The summed E-state index contributed by atoms with van der Waals surface area (Å²) in [4.78, 5) is 2.38. The van der Waals surface area contributed by atoms with Crippen LogP contribution in [0.25, 0.3) is 76.8 Å². The van der Waals surface area contributed by atoms with Crippen molar-refractivity contribution in [2.24, 2.45) is 0 Å². The molecular weight excluding hydrogens is 663 g/mol. The van der Waals surface area contributed by atoms with E-state index in [0.29, 0.717) is 0 Å². The van der Waals surface area contributed by atoms with E-state index in [-0.39, 0.29) is 0 Å². The lowest BCUT2D eigenvalue weighted by Gasteiger charge is -2.27. The van der Waals surface area contributed by atoms with Gasteiger partial charge in [-0.1, -0.05) is 182 Å². The monoisotopic (exact) mass is 699 g/mol. The third-order valence-corrected chi connectivity index (χ3v) is 10.8. The van der Waals surface area contributed by atoms with E-state index >= 15 is 0 Å². The van der Waals surface area contributed by atoms with E-state index in [1.807, 2.05) is 0 Å². The molecule has 258 valence electrons. The average Bonchev–Trinajstić information content (AvgIpc) is 3.26. The Morgan fingerprint density at radius 3 is 1.20 bits per heavy atom. The fraction of sp³-hybridized carbons (Fsp3) is 0. The van der Waals surface area contributed by atoms with Crippen LogP contribution in [0.3, 0.4) is 0 Å². The van der Waals surface area contributed by atoms with Crippen molar-refractivity contribution in [3.8, 4) is 44.5 Å². The van der Waals surface area contributed by atoms with Gasteiger partial charge < -0.3 is 4.90 Å². The predicted octanol–water partition coefficient (Wildman–Crippen LogP) is 15.3. The normalized spacial score (nSPS) is 11.3. The quantitative estimate of drug-likeness (QED) is 0.160. The first-order valence-electron chi connectivity index (χ1n) is 18.9. The van der Waals surface area contributed by atoms with Crippen LogP contribution >= 0.6 is 0 Å². The zero-order valence-corrected chi connectivity index (χ0v) is 30.3. The van der Waals surface area contributed by atoms with Crippen LogP contribution in [0.2, 0.25) is 0 Å². The Kier molecular flexibility index (Phi) is 8.24. The van der Waals surface area contributed by atoms with Crippen LogP contribution in [-0.4, -0.2) is 0 Å². The van der Waals surface area contributed by atoms with Gasteiger partial charge in [-0.05, 0) is 119 Å². The molecule has 0 atom stereocenters. The number of hydrogen-bond donors (Lipinski definition) is 0. The van der Waals surface area contributed by atoms with Gasteiger partial charge in [-0.15, -0.1) is 0 Å². The second-order valence-electron chi connectivity index (χ2n) is 14.2. The fourth-order valence-electron chi connectivity index (χ4n) is 8.05. The Hall–Kier alpha value is -7.22. The minimum atomic E-state index is 1.10. The first-order chi connectivity index (χ1) is 27.2. The Morgan fingerprint density at radius 1 is 0.218 bits per heavy atom. The maximum absolute atomic E-state index is 2.38. The van der Waals surface area contributed by atoms with Gasteiger partial charge in [0, 0.05) is 17.1 Å². The maximum atomic E-state index is 2.38. The molecular formula is C54H37N. The zero-order chi connectivity index (χ0) is 36.6. The topological polar surface area (TPSA) is 3.24 Å². The molecule has 1 nitrogen and oxygen atoms in total. The molecule has 0 spiro atoms. The molecule has 0 radical (unpaired) electrons. The molecule has 0 unspecified atom stereocenters. The standard InChI is InChI=1S/C54H37N/c1-2-14-44-35-45(30-29-38(44)11-1)41-27-25-39(26-28-41)40-31-33-48(34-32-40)55(49-19-7-17-46(36-49)53-23-9-15-42-12-3-5-21-51(42)53)50-20-8-18-47(37-50)54-24-10-16-43-13-4-6-22-52(43)54/h1-37H. The van der Waals surface area contributed by atoms with Crippen molar-refractivity contribution in [2.45, 2.75) is 0 Å². The highest BCUT2D eigenvalue weighted by molar-refractivity contribution is 5.99. The van der Waals surface area contributed by atoms with Gasteiger partial charge in [0.25, 0.3) is 0 Å². The molecule has 55 heavy (non-hydrogen) atoms. The SMILES string of the molecule is c1cc(-c2cccc3ccccc23)cc(N(c2ccc(-c3ccc(-c4ccc5ccccc5c4)cc3)cc2)c2cccc(-c3cccc4ccccc34)c2)c1. The Bertz CT molecular complexity index is 2840. The van der Waals surface area contributed by atoms with Crippen LogP contribution in [0.4, 0.5) is 17.1 Å². The van der Waals surface area contributed by atoms with E-state index in [4.69, 9.17) is 0 Å².